The monoisotopic (exact) mass is 124 g/mol. The standard InChI is InChI=1S/C4H9O.V/c1-3-4(2)5;/h4H,3H2,1-2H3;/q-1;+1. The normalized spacial score (nSPS) is 14.3. The fourth-order valence-electron chi connectivity index (χ4n) is 0.0745. The third kappa shape index (κ3) is 2.76. The van der Waals surface area contributed by atoms with Crippen LogP contribution in [0.3, 0.4) is 0 Å². The van der Waals surface area contributed by atoms with Crippen LogP contribution < -0.4 is 0 Å². The van der Waals surface area contributed by atoms with Gasteiger partial charge in [0.05, 0.1) is 0 Å². The molecule has 0 amide bonds. The van der Waals surface area contributed by atoms with Crippen LogP contribution in [0.25, 0.3) is 0 Å². The quantitative estimate of drug-likeness (QED) is 0.538. The van der Waals surface area contributed by atoms with Gasteiger partial charge in [-0.25, -0.2) is 0 Å². The van der Waals surface area contributed by atoms with Crippen molar-refractivity contribution < 1.29 is 21.4 Å². The van der Waals surface area contributed by atoms with E-state index in [-0.39, 0.29) is 0 Å². The Hall–Kier alpha value is 0.544. The van der Waals surface area contributed by atoms with E-state index in [1.165, 1.54) is 0 Å². The molecule has 0 heterocycles. The summed E-state index contributed by atoms with van der Waals surface area (Å²) in [5, 5.41) is 0. The maximum atomic E-state index is 4.84. The zero-order chi connectivity index (χ0) is 4.99. The van der Waals surface area contributed by atoms with Crippen molar-refractivity contribution in [2.45, 2.75) is 26.4 Å². The molecule has 0 saturated heterocycles. The van der Waals surface area contributed by atoms with Crippen LogP contribution in [0.1, 0.15) is 20.3 Å². The minimum atomic E-state index is 0.407. The van der Waals surface area contributed by atoms with E-state index < -0.39 is 0 Å². The van der Waals surface area contributed by atoms with Gasteiger partial charge < -0.3 is 0 Å². The van der Waals surface area contributed by atoms with Gasteiger partial charge in [0.1, 0.15) is 0 Å². The molecule has 0 aromatic rings. The van der Waals surface area contributed by atoms with Gasteiger partial charge in [-0.15, -0.1) is 0 Å². The molecular formula is C4H9OV. The molecule has 0 fully saturated rings. The first-order valence-electron chi connectivity index (χ1n) is 2.11. The Morgan fingerprint density at radius 1 is 1.83 bits per heavy atom. The molecule has 6 heavy (non-hydrogen) atoms. The van der Waals surface area contributed by atoms with E-state index in [0.717, 1.165) is 6.42 Å². The van der Waals surface area contributed by atoms with Crippen molar-refractivity contribution in [3.05, 3.63) is 0 Å². The van der Waals surface area contributed by atoms with E-state index >= 15 is 0 Å². The topological polar surface area (TPSA) is 9.23 Å². The van der Waals surface area contributed by atoms with Gasteiger partial charge >= 0.3 is 47.8 Å². The summed E-state index contributed by atoms with van der Waals surface area (Å²) in [6.07, 6.45) is 1.50. The summed E-state index contributed by atoms with van der Waals surface area (Å²) in [5.41, 5.74) is 0. The predicted octanol–water partition coefficient (Wildman–Crippen LogP) is 1.26. The Morgan fingerprint density at radius 2 is 2.33 bits per heavy atom. The summed E-state index contributed by atoms with van der Waals surface area (Å²) in [7, 11) is 0. The van der Waals surface area contributed by atoms with Gasteiger partial charge in [0.25, 0.3) is 0 Å². The number of hydrogen-bond donors (Lipinski definition) is 0. The van der Waals surface area contributed by atoms with E-state index in [2.05, 4.69) is 24.7 Å². The zero-order valence-electron chi connectivity index (χ0n) is 4.14. The molecule has 2 heteroatoms. The third-order valence-electron chi connectivity index (χ3n) is 0.755. The second-order valence-corrected chi connectivity index (χ2v) is 1.65. The summed E-state index contributed by atoms with van der Waals surface area (Å²) in [5.74, 6) is 0. The van der Waals surface area contributed by atoms with Gasteiger partial charge in [-0.2, -0.15) is 0 Å². The SMILES string of the molecule is CCC(C)[O][V]. The molecule has 0 bridgehead atoms. The first-order valence-corrected chi connectivity index (χ1v) is 2.68. The average molecular weight is 124 g/mol. The van der Waals surface area contributed by atoms with E-state index in [0.29, 0.717) is 6.10 Å². The van der Waals surface area contributed by atoms with Gasteiger partial charge in [0.15, 0.2) is 0 Å². The summed E-state index contributed by atoms with van der Waals surface area (Å²) in [6.45, 7) is 4.14. The molecule has 0 aromatic carbocycles. The fourth-order valence-corrected chi connectivity index (χ4v) is 0.307. The molecule has 1 nitrogen and oxygen atoms in total. The molecule has 0 N–H and O–H groups in total. The van der Waals surface area contributed by atoms with E-state index in [9.17, 15) is 0 Å². The van der Waals surface area contributed by atoms with Crippen molar-refractivity contribution in [2.24, 2.45) is 0 Å². The molecule has 36 valence electrons. The Morgan fingerprint density at radius 3 is 2.33 bits per heavy atom. The summed E-state index contributed by atoms with van der Waals surface area (Å²) in [6, 6.07) is 0. The second kappa shape index (κ2) is 3.72. The Balaban J connectivity index is 2.75. The Labute approximate surface area is 48.4 Å². The zero-order valence-corrected chi connectivity index (χ0v) is 5.54. The average Bonchev–Trinajstić information content (AvgIpc) is 1.65. The van der Waals surface area contributed by atoms with Crippen LogP contribution in [0.5, 0.6) is 0 Å². The molecule has 0 aliphatic rings. The molecule has 0 aliphatic heterocycles. The summed E-state index contributed by atoms with van der Waals surface area (Å²) < 4.78 is 4.84. The molecule has 1 unspecified atom stereocenters. The van der Waals surface area contributed by atoms with Crippen LogP contribution >= 0.6 is 0 Å². The van der Waals surface area contributed by atoms with Gasteiger partial charge in [0.2, 0.25) is 0 Å². The molecule has 0 radical (unpaired) electrons. The van der Waals surface area contributed by atoms with E-state index in [4.69, 9.17) is 3.66 Å². The van der Waals surface area contributed by atoms with Gasteiger partial charge in [-0.05, 0) is 0 Å². The van der Waals surface area contributed by atoms with Crippen LogP contribution in [0.2, 0.25) is 0 Å². The summed E-state index contributed by atoms with van der Waals surface area (Å²) in [4.78, 5) is 0. The number of rotatable bonds is 2. The van der Waals surface area contributed by atoms with Crippen LogP contribution in [0.4, 0.5) is 0 Å². The van der Waals surface area contributed by atoms with Crippen molar-refractivity contribution in [2.75, 3.05) is 0 Å². The van der Waals surface area contributed by atoms with Gasteiger partial charge in [0, 0.05) is 0 Å². The molecule has 1 atom stereocenters. The van der Waals surface area contributed by atoms with Crippen LogP contribution in [-0.4, -0.2) is 6.10 Å². The number of hydrogen-bond acceptors (Lipinski definition) is 1. The van der Waals surface area contributed by atoms with Gasteiger partial charge in [-0.1, -0.05) is 0 Å². The van der Waals surface area contributed by atoms with Crippen LogP contribution in [0.15, 0.2) is 0 Å². The molecule has 0 aliphatic carbocycles. The molecule has 0 spiro atoms. The molecule has 0 rings (SSSR count). The van der Waals surface area contributed by atoms with Crippen LogP contribution in [-0.2, 0) is 21.4 Å². The molecule has 0 saturated carbocycles. The third-order valence-corrected chi connectivity index (χ3v) is 1.32. The minimum absolute atomic E-state index is 0.407. The summed E-state index contributed by atoms with van der Waals surface area (Å²) >= 11 is 2.11. The van der Waals surface area contributed by atoms with Crippen molar-refractivity contribution >= 4 is 0 Å². The molecular weight excluding hydrogens is 115 g/mol. The fraction of sp³-hybridized carbons (Fsp3) is 1.00. The van der Waals surface area contributed by atoms with Crippen LogP contribution in [0, 0.1) is 0 Å². The van der Waals surface area contributed by atoms with E-state index in [1.807, 2.05) is 6.92 Å². The Kier molecular flexibility index (Phi) is 4.06. The van der Waals surface area contributed by atoms with Crippen molar-refractivity contribution in [1.29, 1.82) is 0 Å². The first-order chi connectivity index (χ1) is 2.81. The second-order valence-electron chi connectivity index (χ2n) is 1.32. The van der Waals surface area contributed by atoms with Gasteiger partial charge in [-0.3, -0.25) is 0 Å². The van der Waals surface area contributed by atoms with Crippen molar-refractivity contribution in [1.82, 2.24) is 0 Å². The van der Waals surface area contributed by atoms with E-state index in [1.54, 1.807) is 0 Å². The molecule has 0 aromatic heterocycles. The first kappa shape index (κ1) is 6.54. The van der Waals surface area contributed by atoms with Crippen molar-refractivity contribution in [3.8, 4) is 0 Å². The predicted molar refractivity (Wildman–Crippen MR) is 20.8 cm³/mol. The Bertz CT molecular complexity index is 26.7. The van der Waals surface area contributed by atoms with Crippen molar-refractivity contribution in [3.63, 3.8) is 0 Å². The maximum absolute atomic E-state index is 4.84.